The lowest BCUT2D eigenvalue weighted by atomic mass is 10.1. The summed E-state index contributed by atoms with van der Waals surface area (Å²) in [6, 6.07) is 23.1. The number of fused-ring (bicyclic) bond motifs is 1. The molecule has 4 aromatic rings. The molecule has 4 heteroatoms. The Morgan fingerprint density at radius 1 is 0.893 bits per heavy atom. The van der Waals surface area contributed by atoms with E-state index in [-0.39, 0.29) is 0 Å². The van der Waals surface area contributed by atoms with Crippen LogP contribution in [-0.4, -0.2) is 21.4 Å². The van der Waals surface area contributed by atoms with Crippen LogP contribution in [0.1, 0.15) is 16.1 Å². The summed E-state index contributed by atoms with van der Waals surface area (Å²) >= 11 is 1.85. The van der Waals surface area contributed by atoms with Crippen molar-refractivity contribution < 1.29 is 0 Å². The first-order chi connectivity index (χ1) is 13.8. The molecule has 0 fully saturated rings. The van der Waals surface area contributed by atoms with E-state index in [9.17, 15) is 0 Å². The van der Waals surface area contributed by atoms with Crippen LogP contribution in [0.4, 0.5) is 0 Å². The van der Waals surface area contributed by atoms with Crippen molar-refractivity contribution in [3.05, 3.63) is 94.4 Å². The van der Waals surface area contributed by atoms with E-state index in [2.05, 4.69) is 63.8 Å². The molecule has 2 aromatic carbocycles. The molecule has 1 aliphatic heterocycles. The third-order valence-electron chi connectivity index (χ3n) is 5.19. The van der Waals surface area contributed by atoms with Gasteiger partial charge in [-0.25, -0.2) is 9.97 Å². The molecule has 1 aliphatic rings. The highest BCUT2D eigenvalue weighted by atomic mass is 32.1. The molecule has 138 valence electrons. The highest BCUT2D eigenvalue weighted by Crippen LogP contribution is 2.28. The van der Waals surface area contributed by atoms with E-state index in [0.717, 1.165) is 37.4 Å². The Morgan fingerprint density at radius 2 is 1.64 bits per heavy atom. The van der Waals surface area contributed by atoms with Gasteiger partial charge in [0.2, 0.25) is 0 Å². The average molecular weight is 384 g/mol. The van der Waals surface area contributed by atoms with Crippen LogP contribution < -0.4 is 0 Å². The van der Waals surface area contributed by atoms with Crippen LogP contribution in [0.5, 0.6) is 0 Å². The highest BCUT2D eigenvalue weighted by molar-refractivity contribution is 7.10. The Labute approximate surface area is 169 Å². The summed E-state index contributed by atoms with van der Waals surface area (Å²) in [6.45, 7) is 2.94. The van der Waals surface area contributed by atoms with Crippen LogP contribution in [0.25, 0.3) is 22.5 Å². The monoisotopic (exact) mass is 383 g/mol. The van der Waals surface area contributed by atoms with Gasteiger partial charge in [-0.15, -0.1) is 11.3 Å². The van der Waals surface area contributed by atoms with Crippen LogP contribution in [-0.2, 0) is 19.5 Å². The van der Waals surface area contributed by atoms with Gasteiger partial charge >= 0.3 is 0 Å². The van der Waals surface area contributed by atoms with Crippen molar-refractivity contribution in [2.75, 3.05) is 6.54 Å². The van der Waals surface area contributed by atoms with Crippen LogP contribution in [0.3, 0.4) is 0 Å². The Morgan fingerprint density at radius 3 is 2.43 bits per heavy atom. The molecule has 3 nitrogen and oxygen atoms in total. The molecule has 0 saturated heterocycles. The first-order valence-corrected chi connectivity index (χ1v) is 10.5. The first kappa shape index (κ1) is 17.3. The summed E-state index contributed by atoms with van der Waals surface area (Å²) in [5.41, 5.74) is 6.14. The first-order valence-electron chi connectivity index (χ1n) is 9.60. The number of benzene rings is 2. The van der Waals surface area contributed by atoms with Crippen molar-refractivity contribution in [2.24, 2.45) is 0 Å². The number of aromatic nitrogens is 2. The molecular formula is C24H21N3S. The largest absolute Gasteiger partial charge is 0.293 e. The maximum Gasteiger partial charge on any atom is 0.159 e. The second-order valence-corrected chi connectivity index (χ2v) is 8.16. The van der Waals surface area contributed by atoms with E-state index in [1.54, 1.807) is 0 Å². The van der Waals surface area contributed by atoms with Gasteiger partial charge in [-0.05, 0) is 22.6 Å². The van der Waals surface area contributed by atoms with E-state index in [4.69, 9.17) is 4.98 Å². The summed E-state index contributed by atoms with van der Waals surface area (Å²) in [4.78, 5) is 13.3. The van der Waals surface area contributed by atoms with Crippen molar-refractivity contribution in [3.8, 4) is 22.5 Å². The zero-order valence-corrected chi connectivity index (χ0v) is 16.4. The zero-order valence-electron chi connectivity index (χ0n) is 15.6. The molecule has 0 atom stereocenters. The van der Waals surface area contributed by atoms with Gasteiger partial charge in [0.25, 0.3) is 0 Å². The Kier molecular flexibility index (Phi) is 4.73. The van der Waals surface area contributed by atoms with E-state index in [0.29, 0.717) is 0 Å². The summed E-state index contributed by atoms with van der Waals surface area (Å²) in [7, 11) is 0. The molecule has 0 bridgehead atoms. The fraction of sp³-hybridized carbons (Fsp3) is 0.167. The van der Waals surface area contributed by atoms with Crippen LogP contribution in [0.2, 0.25) is 0 Å². The fourth-order valence-electron chi connectivity index (χ4n) is 3.70. The lowest BCUT2D eigenvalue weighted by Crippen LogP contribution is -2.30. The lowest BCUT2D eigenvalue weighted by Gasteiger charge is -2.27. The molecule has 0 saturated carbocycles. The molecule has 28 heavy (non-hydrogen) atoms. The van der Waals surface area contributed by atoms with Gasteiger partial charge < -0.3 is 0 Å². The Hall–Kier alpha value is -2.82. The topological polar surface area (TPSA) is 29.0 Å². The second kappa shape index (κ2) is 7.66. The maximum absolute atomic E-state index is 4.83. The van der Waals surface area contributed by atoms with Crippen LogP contribution in [0, 0.1) is 0 Å². The molecular weight excluding hydrogens is 362 g/mol. The molecule has 0 aliphatic carbocycles. The molecule has 0 spiro atoms. The number of hydrogen-bond acceptors (Lipinski definition) is 4. The van der Waals surface area contributed by atoms with E-state index in [1.807, 2.05) is 35.7 Å². The van der Waals surface area contributed by atoms with Gasteiger partial charge in [0.05, 0.1) is 5.69 Å². The number of nitrogens with zero attached hydrogens (tertiary/aromatic N) is 3. The molecule has 2 aromatic heterocycles. The van der Waals surface area contributed by atoms with E-state index < -0.39 is 0 Å². The van der Waals surface area contributed by atoms with Crippen molar-refractivity contribution in [3.63, 3.8) is 0 Å². The van der Waals surface area contributed by atoms with Gasteiger partial charge in [-0.1, -0.05) is 60.7 Å². The summed E-state index contributed by atoms with van der Waals surface area (Å²) in [5.74, 6) is 0.832. The van der Waals surface area contributed by atoms with E-state index >= 15 is 0 Å². The number of rotatable bonds is 4. The normalized spacial score (nSPS) is 14.0. The van der Waals surface area contributed by atoms with Crippen molar-refractivity contribution in [1.82, 2.24) is 14.9 Å². The van der Waals surface area contributed by atoms with Gasteiger partial charge in [-0.3, -0.25) is 4.90 Å². The maximum atomic E-state index is 4.83. The minimum Gasteiger partial charge on any atom is -0.293 e. The molecule has 0 N–H and O–H groups in total. The average Bonchev–Trinajstić information content (AvgIpc) is 3.23. The van der Waals surface area contributed by atoms with Crippen molar-refractivity contribution in [1.29, 1.82) is 0 Å². The highest BCUT2D eigenvalue weighted by Gasteiger charge is 2.19. The molecule has 0 amide bonds. The Bertz CT molecular complexity index is 1070. The summed E-state index contributed by atoms with van der Waals surface area (Å²) < 4.78 is 0. The van der Waals surface area contributed by atoms with Crippen LogP contribution in [0.15, 0.2) is 78.3 Å². The Balaban J connectivity index is 1.30. The second-order valence-electron chi connectivity index (χ2n) is 7.16. The van der Waals surface area contributed by atoms with Crippen molar-refractivity contribution in [2.45, 2.75) is 19.5 Å². The van der Waals surface area contributed by atoms with Gasteiger partial charge in [0, 0.05) is 48.3 Å². The van der Waals surface area contributed by atoms with Gasteiger partial charge in [0.15, 0.2) is 5.82 Å². The predicted octanol–water partition coefficient (Wildman–Crippen LogP) is 5.43. The minimum absolute atomic E-state index is 0.832. The molecule has 3 heterocycles. The van der Waals surface area contributed by atoms with Gasteiger partial charge in [0.1, 0.15) is 0 Å². The van der Waals surface area contributed by atoms with Gasteiger partial charge in [-0.2, -0.15) is 0 Å². The minimum atomic E-state index is 0.832. The number of thiophene rings is 1. The molecule has 0 unspecified atom stereocenters. The smallest absolute Gasteiger partial charge is 0.159 e. The fourth-order valence-corrected chi connectivity index (χ4v) is 4.64. The third kappa shape index (κ3) is 3.61. The zero-order chi connectivity index (χ0) is 18.8. The lowest BCUT2D eigenvalue weighted by molar-refractivity contribution is 0.245. The summed E-state index contributed by atoms with van der Waals surface area (Å²) in [5, 5.41) is 2.26. The van der Waals surface area contributed by atoms with Crippen molar-refractivity contribution >= 4 is 11.3 Å². The van der Waals surface area contributed by atoms with E-state index in [1.165, 1.54) is 27.3 Å². The van der Waals surface area contributed by atoms with Crippen LogP contribution >= 0.6 is 11.3 Å². The SMILES string of the molecule is c1ccc(-c2csc(CN3CCc4nc(-c5ccccc5)ncc4C3)c2)cc1. The molecule has 5 rings (SSSR count). The standard InChI is InChI=1S/C24H21N3S/c1-3-7-18(8-4-1)20-13-22(28-17-20)16-27-12-11-23-21(15-27)14-25-24(26-23)19-9-5-2-6-10-19/h1-10,13-14,17H,11-12,15-16H2. The third-order valence-corrected chi connectivity index (χ3v) is 6.11. The predicted molar refractivity (Wildman–Crippen MR) is 115 cm³/mol. The summed E-state index contributed by atoms with van der Waals surface area (Å²) in [6.07, 6.45) is 3.00. The number of hydrogen-bond donors (Lipinski definition) is 0. The quantitative estimate of drug-likeness (QED) is 0.470. The molecule has 0 radical (unpaired) electrons.